The second kappa shape index (κ2) is 5.02. The van der Waals surface area contributed by atoms with Crippen molar-refractivity contribution in [2.45, 2.75) is 0 Å². The number of esters is 1. The normalized spacial score (nSPS) is 8.50. The Morgan fingerprint density at radius 3 is 2.75 bits per heavy atom. The number of halogens is 1. The van der Waals surface area contributed by atoms with Crippen LogP contribution in [0.3, 0.4) is 0 Å². The average molecular weight is 280 g/mol. The molecule has 0 radical (unpaired) electrons. The summed E-state index contributed by atoms with van der Waals surface area (Å²) in [6, 6.07) is 1.65. The lowest BCUT2D eigenvalue weighted by atomic mass is 10.3. The highest BCUT2D eigenvalue weighted by molar-refractivity contribution is 5.88. The SMILES string of the molecule is COC(=O)c1cc[n+](C)nc1.[I-]. The molecule has 0 aliphatic rings. The summed E-state index contributed by atoms with van der Waals surface area (Å²) in [6.07, 6.45) is 3.15. The highest BCUT2D eigenvalue weighted by atomic mass is 127. The van der Waals surface area contributed by atoms with E-state index in [1.54, 1.807) is 24.0 Å². The van der Waals surface area contributed by atoms with E-state index in [-0.39, 0.29) is 29.9 Å². The van der Waals surface area contributed by atoms with Gasteiger partial charge in [-0.05, 0) is 5.10 Å². The van der Waals surface area contributed by atoms with E-state index in [1.165, 1.54) is 13.3 Å². The van der Waals surface area contributed by atoms with Crippen LogP contribution in [0, 0.1) is 0 Å². The van der Waals surface area contributed by atoms with Crippen LogP contribution in [0.25, 0.3) is 0 Å². The molecule has 0 unspecified atom stereocenters. The molecule has 1 heterocycles. The molecule has 0 aliphatic heterocycles. The Morgan fingerprint density at radius 2 is 2.33 bits per heavy atom. The summed E-state index contributed by atoms with van der Waals surface area (Å²) in [5.41, 5.74) is 0.464. The fourth-order valence-electron chi connectivity index (χ4n) is 0.662. The van der Waals surface area contributed by atoms with E-state index in [4.69, 9.17) is 0 Å². The van der Waals surface area contributed by atoms with Crippen LogP contribution >= 0.6 is 0 Å². The van der Waals surface area contributed by atoms with Crippen LogP contribution in [0.4, 0.5) is 0 Å². The number of hydrogen-bond donors (Lipinski definition) is 0. The molecule has 0 amide bonds. The fraction of sp³-hybridized carbons (Fsp3) is 0.286. The van der Waals surface area contributed by atoms with E-state index in [0.717, 1.165) is 0 Å². The van der Waals surface area contributed by atoms with Gasteiger partial charge in [0.15, 0.2) is 13.2 Å². The first kappa shape index (κ1) is 11.3. The summed E-state index contributed by atoms with van der Waals surface area (Å²) in [5, 5.41) is 3.86. The van der Waals surface area contributed by atoms with Crippen LogP contribution in [0.1, 0.15) is 10.4 Å². The molecular formula is C7H9IN2O2. The van der Waals surface area contributed by atoms with E-state index in [2.05, 4.69) is 9.84 Å². The molecule has 0 fully saturated rings. The van der Waals surface area contributed by atoms with Crippen LogP contribution < -0.4 is 28.7 Å². The third-order valence-corrected chi connectivity index (χ3v) is 1.27. The van der Waals surface area contributed by atoms with Gasteiger partial charge < -0.3 is 28.7 Å². The lowest BCUT2D eigenvalue weighted by Gasteiger charge is -1.93. The molecule has 0 N–H and O–H groups in total. The zero-order valence-electron chi connectivity index (χ0n) is 6.82. The number of aromatic nitrogens is 2. The Kier molecular flexibility index (Phi) is 4.72. The average Bonchev–Trinajstić information content (AvgIpc) is 2.05. The van der Waals surface area contributed by atoms with Gasteiger partial charge in [-0.2, -0.15) is 0 Å². The van der Waals surface area contributed by atoms with Crippen molar-refractivity contribution in [2.75, 3.05) is 7.11 Å². The van der Waals surface area contributed by atoms with E-state index < -0.39 is 0 Å². The van der Waals surface area contributed by atoms with Gasteiger partial charge in [-0.1, -0.05) is 4.68 Å². The van der Waals surface area contributed by atoms with Crippen LogP contribution in [-0.4, -0.2) is 18.2 Å². The number of carbonyl (C=O) groups excluding carboxylic acids is 1. The second-order valence-corrected chi connectivity index (χ2v) is 2.08. The molecule has 12 heavy (non-hydrogen) atoms. The minimum absolute atomic E-state index is 0. The van der Waals surface area contributed by atoms with Gasteiger partial charge in [0.05, 0.1) is 12.7 Å². The summed E-state index contributed by atoms with van der Waals surface area (Å²) in [5.74, 6) is -0.363. The van der Waals surface area contributed by atoms with E-state index >= 15 is 0 Å². The first-order valence-corrected chi connectivity index (χ1v) is 3.14. The molecule has 0 saturated heterocycles. The van der Waals surface area contributed by atoms with Crippen molar-refractivity contribution in [3.8, 4) is 0 Å². The predicted molar refractivity (Wildman–Crippen MR) is 36.8 cm³/mol. The maximum absolute atomic E-state index is 10.9. The number of nitrogens with zero attached hydrogens (tertiary/aromatic N) is 2. The number of aryl methyl sites for hydroxylation is 1. The molecule has 0 saturated carbocycles. The minimum atomic E-state index is -0.363. The lowest BCUT2D eigenvalue weighted by Crippen LogP contribution is -3.00. The summed E-state index contributed by atoms with van der Waals surface area (Å²) < 4.78 is 6.09. The molecule has 0 bridgehead atoms. The van der Waals surface area contributed by atoms with Crippen LogP contribution in [0.15, 0.2) is 18.5 Å². The van der Waals surface area contributed by atoms with Gasteiger partial charge in [0.2, 0.25) is 0 Å². The van der Waals surface area contributed by atoms with Gasteiger partial charge in [-0.3, -0.25) is 0 Å². The first-order valence-electron chi connectivity index (χ1n) is 3.14. The highest BCUT2D eigenvalue weighted by Gasteiger charge is 2.06. The number of hydrogen-bond acceptors (Lipinski definition) is 3. The smallest absolute Gasteiger partial charge is 0.339 e. The molecule has 66 valence electrons. The topological polar surface area (TPSA) is 43.1 Å². The first-order chi connectivity index (χ1) is 5.24. The van der Waals surface area contributed by atoms with Gasteiger partial charge in [0.25, 0.3) is 0 Å². The Morgan fingerprint density at radius 1 is 1.67 bits per heavy atom. The van der Waals surface area contributed by atoms with Crippen LogP contribution in [0.5, 0.6) is 0 Å². The Labute approximate surface area is 87.6 Å². The molecule has 0 aliphatic carbocycles. The van der Waals surface area contributed by atoms with E-state index in [9.17, 15) is 4.79 Å². The minimum Gasteiger partial charge on any atom is -1.00 e. The number of rotatable bonds is 1. The van der Waals surface area contributed by atoms with Crippen molar-refractivity contribution in [1.29, 1.82) is 0 Å². The summed E-state index contributed by atoms with van der Waals surface area (Å²) in [7, 11) is 3.12. The van der Waals surface area contributed by atoms with Gasteiger partial charge in [-0.25, -0.2) is 4.79 Å². The Bertz CT molecular complexity index is 261. The molecule has 1 aromatic heterocycles. The van der Waals surface area contributed by atoms with Crippen LogP contribution in [-0.2, 0) is 11.8 Å². The van der Waals surface area contributed by atoms with Crippen molar-refractivity contribution < 1.29 is 38.2 Å². The quantitative estimate of drug-likeness (QED) is 0.307. The zero-order chi connectivity index (χ0) is 8.27. The molecule has 1 aromatic rings. The molecule has 0 atom stereocenters. The predicted octanol–water partition coefficient (Wildman–Crippen LogP) is -3.30. The van der Waals surface area contributed by atoms with Gasteiger partial charge >= 0.3 is 5.97 Å². The van der Waals surface area contributed by atoms with Gasteiger partial charge in [-0.15, -0.1) is 0 Å². The molecule has 5 heteroatoms. The van der Waals surface area contributed by atoms with Gasteiger partial charge in [0.1, 0.15) is 6.20 Å². The molecule has 0 spiro atoms. The Hall–Kier alpha value is -0.720. The fourth-order valence-corrected chi connectivity index (χ4v) is 0.662. The van der Waals surface area contributed by atoms with Crippen molar-refractivity contribution in [3.63, 3.8) is 0 Å². The van der Waals surface area contributed by atoms with E-state index in [0.29, 0.717) is 5.56 Å². The van der Waals surface area contributed by atoms with Crippen molar-refractivity contribution in [1.82, 2.24) is 5.10 Å². The second-order valence-electron chi connectivity index (χ2n) is 2.08. The standard InChI is InChI=1S/C7H9N2O2.HI/c1-9-4-3-6(5-8-9)7(10)11-2;/h3-5H,1-2H3;1H/q+1;/p-1. The number of carbonyl (C=O) groups is 1. The Balaban J connectivity index is 0.00000121. The maximum Gasteiger partial charge on any atom is 0.339 e. The van der Waals surface area contributed by atoms with Crippen molar-refractivity contribution >= 4 is 5.97 Å². The zero-order valence-corrected chi connectivity index (χ0v) is 8.98. The highest BCUT2D eigenvalue weighted by Crippen LogP contribution is 1.94. The van der Waals surface area contributed by atoms with Crippen molar-refractivity contribution in [3.05, 3.63) is 24.0 Å². The van der Waals surface area contributed by atoms with Crippen molar-refractivity contribution in [2.24, 2.45) is 7.05 Å². The lowest BCUT2D eigenvalue weighted by molar-refractivity contribution is -0.730. The summed E-state index contributed by atoms with van der Waals surface area (Å²) in [4.78, 5) is 10.9. The number of ether oxygens (including phenoxy) is 1. The molecule has 4 nitrogen and oxygen atoms in total. The molecule has 0 aromatic carbocycles. The summed E-state index contributed by atoms with van der Waals surface area (Å²) >= 11 is 0. The van der Waals surface area contributed by atoms with E-state index in [1.807, 2.05) is 0 Å². The monoisotopic (exact) mass is 280 g/mol. The van der Waals surface area contributed by atoms with Crippen LogP contribution in [0.2, 0.25) is 0 Å². The third kappa shape index (κ3) is 2.72. The third-order valence-electron chi connectivity index (χ3n) is 1.27. The maximum atomic E-state index is 10.9. The summed E-state index contributed by atoms with van der Waals surface area (Å²) in [6.45, 7) is 0. The molecule has 1 rings (SSSR count). The van der Waals surface area contributed by atoms with Gasteiger partial charge in [0, 0.05) is 6.07 Å². The largest absolute Gasteiger partial charge is 1.00 e. The number of methoxy groups -OCH3 is 1. The molecular weight excluding hydrogens is 271 g/mol.